The Kier molecular flexibility index (Phi) is 7.07. The van der Waals surface area contributed by atoms with E-state index in [1.807, 2.05) is 43.0 Å². The van der Waals surface area contributed by atoms with Crippen molar-refractivity contribution in [3.05, 3.63) is 87.9 Å². The fraction of sp³-hybridized carbons (Fsp3) is 0.393. The quantitative estimate of drug-likeness (QED) is 0.563. The predicted octanol–water partition coefficient (Wildman–Crippen LogP) is 4.91. The highest BCUT2D eigenvalue weighted by Crippen LogP contribution is 2.26. The molecule has 0 atom stereocenters. The Morgan fingerprint density at radius 3 is 2.39 bits per heavy atom. The molecule has 5 nitrogen and oxygen atoms in total. The van der Waals surface area contributed by atoms with Gasteiger partial charge in [-0.15, -0.1) is 0 Å². The molecule has 172 valence electrons. The van der Waals surface area contributed by atoms with E-state index in [9.17, 15) is 4.79 Å². The van der Waals surface area contributed by atoms with E-state index in [1.54, 1.807) is 0 Å². The van der Waals surface area contributed by atoms with Crippen LogP contribution in [0.5, 0.6) is 0 Å². The number of anilines is 1. The summed E-state index contributed by atoms with van der Waals surface area (Å²) >= 11 is 0. The van der Waals surface area contributed by atoms with Crippen molar-refractivity contribution in [3.63, 3.8) is 0 Å². The van der Waals surface area contributed by atoms with Gasteiger partial charge in [0.2, 0.25) is 0 Å². The molecule has 3 aromatic rings. The van der Waals surface area contributed by atoms with Gasteiger partial charge in [0.25, 0.3) is 5.91 Å². The van der Waals surface area contributed by atoms with Gasteiger partial charge in [-0.05, 0) is 50.8 Å². The van der Waals surface area contributed by atoms with Gasteiger partial charge >= 0.3 is 0 Å². The van der Waals surface area contributed by atoms with Gasteiger partial charge in [-0.2, -0.15) is 0 Å². The second kappa shape index (κ2) is 10.2. The van der Waals surface area contributed by atoms with E-state index >= 15 is 0 Å². The van der Waals surface area contributed by atoms with Gasteiger partial charge in [0.05, 0.1) is 0 Å². The van der Waals surface area contributed by atoms with Crippen molar-refractivity contribution in [3.8, 4) is 0 Å². The summed E-state index contributed by atoms with van der Waals surface area (Å²) in [6.07, 6.45) is 2.62. The Hall–Kier alpha value is -3.21. The number of rotatable bonds is 5. The summed E-state index contributed by atoms with van der Waals surface area (Å²) in [6, 6.07) is 16.6. The Bertz CT molecular complexity index is 1120. The first-order chi connectivity index (χ1) is 16.0. The summed E-state index contributed by atoms with van der Waals surface area (Å²) < 4.78 is 0. The maximum atomic E-state index is 13.2. The maximum absolute atomic E-state index is 13.2. The molecule has 1 fully saturated rings. The van der Waals surface area contributed by atoms with Crippen LogP contribution >= 0.6 is 0 Å². The van der Waals surface area contributed by atoms with E-state index in [0.717, 1.165) is 67.4 Å². The minimum Gasteiger partial charge on any atom is -0.354 e. The molecule has 4 rings (SSSR count). The van der Waals surface area contributed by atoms with Crippen LogP contribution in [0.1, 0.15) is 57.5 Å². The number of carbonyl (C=O) groups is 1. The van der Waals surface area contributed by atoms with Crippen LogP contribution in [-0.4, -0.2) is 47.0 Å². The summed E-state index contributed by atoms with van der Waals surface area (Å²) in [6.45, 7) is 11.4. The second-order valence-electron chi connectivity index (χ2n) is 8.98. The number of hydrogen-bond donors (Lipinski definition) is 0. The molecular weight excluding hydrogens is 408 g/mol. The number of aryl methyl sites for hydroxylation is 4. The Morgan fingerprint density at radius 2 is 1.67 bits per heavy atom. The molecule has 0 spiro atoms. The SMILES string of the molecule is CCc1nc(C)nc(N2CCCN(C(=O)c3ccccc3C)CC2)c1Cc1ccc(C)cc1. The monoisotopic (exact) mass is 442 g/mol. The van der Waals surface area contributed by atoms with Gasteiger partial charge in [0.15, 0.2) is 0 Å². The minimum atomic E-state index is 0.128. The Balaban J connectivity index is 1.59. The molecule has 1 aromatic heterocycles. The lowest BCUT2D eigenvalue weighted by atomic mass is 10.0. The van der Waals surface area contributed by atoms with Crippen LogP contribution in [0.15, 0.2) is 48.5 Å². The van der Waals surface area contributed by atoms with E-state index < -0.39 is 0 Å². The zero-order valence-corrected chi connectivity index (χ0v) is 20.3. The lowest BCUT2D eigenvalue weighted by Gasteiger charge is -2.26. The predicted molar refractivity (Wildman–Crippen MR) is 134 cm³/mol. The van der Waals surface area contributed by atoms with Gasteiger partial charge in [0.1, 0.15) is 11.6 Å². The van der Waals surface area contributed by atoms with Crippen LogP contribution in [0.25, 0.3) is 0 Å². The largest absolute Gasteiger partial charge is 0.354 e. The molecule has 1 amide bonds. The molecule has 5 heteroatoms. The smallest absolute Gasteiger partial charge is 0.254 e. The third-order valence-electron chi connectivity index (χ3n) is 6.48. The summed E-state index contributed by atoms with van der Waals surface area (Å²) in [7, 11) is 0. The van der Waals surface area contributed by atoms with Crippen molar-refractivity contribution in [2.75, 3.05) is 31.1 Å². The van der Waals surface area contributed by atoms with Crippen LogP contribution in [0, 0.1) is 20.8 Å². The second-order valence-corrected chi connectivity index (χ2v) is 8.98. The number of benzene rings is 2. The lowest BCUT2D eigenvalue weighted by Crippen LogP contribution is -2.36. The van der Waals surface area contributed by atoms with Gasteiger partial charge in [-0.1, -0.05) is 55.0 Å². The number of amides is 1. The molecule has 1 saturated heterocycles. The van der Waals surface area contributed by atoms with Crippen molar-refractivity contribution in [2.24, 2.45) is 0 Å². The van der Waals surface area contributed by atoms with Crippen molar-refractivity contribution in [1.82, 2.24) is 14.9 Å². The normalized spacial score (nSPS) is 14.3. The van der Waals surface area contributed by atoms with E-state index in [0.29, 0.717) is 6.54 Å². The third kappa shape index (κ3) is 5.24. The highest BCUT2D eigenvalue weighted by Gasteiger charge is 2.24. The first-order valence-corrected chi connectivity index (χ1v) is 12.0. The molecule has 0 unspecified atom stereocenters. The van der Waals surface area contributed by atoms with E-state index in [2.05, 4.69) is 43.0 Å². The molecule has 2 aromatic carbocycles. The van der Waals surface area contributed by atoms with Crippen LogP contribution < -0.4 is 4.90 Å². The van der Waals surface area contributed by atoms with Crippen molar-refractivity contribution in [1.29, 1.82) is 0 Å². The third-order valence-corrected chi connectivity index (χ3v) is 6.48. The Morgan fingerprint density at radius 1 is 0.909 bits per heavy atom. The lowest BCUT2D eigenvalue weighted by molar-refractivity contribution is 0.0766. The average Bonchev–Trinajstić information content (AvgIpc) is 3.07. The van der Waals surface area contributed by atoms with Gasteiger partial charge in [-0.3, -0.25) is 4.79 Å². The van der Waals surface area contributed by atoms with E-state index in [-0.39, 0.29) is 5.91 Å². The Labute approximate surface area is 197 Å². The molecule has 1 aliphatic rings. The molecule has 0 saturated carbocycles. The molecule has 0 aliphatic carbocycles. The topological polar surface area (TPSA) is 49.3 Å². The summed E-state index contributed by atoms with van der Waals surface area (Å²) in [4.78, 5) is 27.2. The number of aromatic nitrogens is 2. The van der Waals surface area contributed by atoms with Crippen LogP contribution in [0.4, 0.5) is 5.82 Å². The first-order valence-electron chi connectivity index (χ1n) is 12.0. The molecule has 33 heavy (non-hydrogen) atoms. The average molecular weight is 443 g/mol. The highest BCUT2D eigenvalue weighted by molar-refractivity contribution is 5.95. The van der Waals surface area contributed by atoms with Crippen LogP contribution in [0.2, 0.25) is 0 Å². The van der Waals surface area contributed by atoms with Crippen molar-refractivity contribution < 1.29 is 4.79 Å². The zero-order chi connectivity index (χ0) is 23.4. The fourth-order valence-corrected chi connectivity index (χ4v) is 4.60. The van der Waals surface area contributed by atoms with Crippen LogP contribution in [0.3, 0.4) is 0 Å². The molecular formula is C28H34N4O. The highest BCUT2D eigenvalue weighted by atomic mass is 16.2. The molecule has 0 N–H and O–H groups in total. The first kappa shape index (κ1) is 23.0. The van der Waals surface area contributed by atoms with E-state index in [1.165, 1.54) is 16.7 Å². The minimum absolute atomic E-state index is 0.128. The molecule has 2 heterocycles. The summed E-state index contributed by atoms with van der Waals surface area (Å²) in [5.41, 5.74) is 6.71. The zero-order valence-electron chi connectivity index (χ0n) is 20.3. The summed E-state index contributed by atoms with van der Waals surface area (Å²) in [5, 5.41) is 0. The summed E-state index contributed by atoms with van der Waals surface area (Å²) in [5.74, 6) is 1.97. The number of carbonyl (C=O) groups excluding carboxylic acids is 1. The fourth-order valence-electron chi connectivity index (χ4n) is 4.60. The standard InChI is InChI=1S/C28H34N4O/c1-5-26-25(19-23-13-11-20(2)12-14-23)27(30-22(4)29-26)31-15-8-16-32(18-17-31)28(33)24-10-7-6-9-21(24)3/h6-7,9-14H,5,8,15-19H2,1-4H3. The maximum Gasteiger partial charge on any atom is 0.254 e. The molecule has 0 bridgehead atoms. The number of nitrogens with zero attached hydrogens (tertiary/aromatic N) is 4. The number of hydrogen-bond acceptors (Lipinski definition) is 4. The van der Waals surface area contributed by atoms with E-state index in [4.69, 9.17) is 9.97 Å². The molecule has 1 aliphatic heterocycles. The van der Waals surface area contributed by atoms with Gasteiger partial charge in [-0.25, -0.2) is 9.97 Å². The van der Waals surface area contributed by atoms with Gasteiger partial charge in [0, 0.05) is 49.4 Å². The van der Waals surface area contributed by atoms with Crippen molar-refractivity contribution in [2.45, 2.75) is 47.0 Å². The van der Waals surface area contributed by atoms with Crippen molar-refractivity contribution >= 4 is 11.7 Å². The molecule has 0 radical (unpaired) electrons. The van der Waals surface area contributed by atoms with Gasteiger partial charge < -0.3 is 9.80 Å². The van der Waals surface area contributed by atoms with Crippen LogP contribution in [-0.2, 0) is 12.8 Å².